The van der Waals surface area contributed by atoms with Crippen LogP contribution in [0.1, 0.15) is 29.7 Å². The van der Waals surface area contributed by atoms with Crippen LogP contribution in [0.2, 0.25) is 0 Å². The Morgan fingerprint density at radius 3 is 2.80 bits per heavy atom. The average molecular weight is 600 g/mol. The lowest BCUT2D eigenvalue weighted by molar-refractivity contribution is -0.116. The van der Waals surface area contributed by atoms with Crippen molar-refractivity contribution in [1.29, 1.82) is 0 Å². The SMILES string of the molecule is C=CC(=O)NCCNc1nc(OC[C@@H]2CCCN2CC(CO)CN=O)nc2c1CCN(c1cccc3cccc(C=C)c13)C2. The number of aliphatic hydroxyl groups is 1. The number of nitrogens with one attached hydrogen (secondary N) is 2. The molecule has 2 aliphatic rings. The number of nitroso groups, excluding NO2 is 1. The van der Waals surface area contributed by atoms with Crippen molar-refractivity contribution in [3.05, 3.63) is 77.4 Å². The summed E-state index contributed by atoms with van der Waals surface area (Å²) in [6.07, 6.45) is 5.86. The van der Waals surface area contributed by atoms with Gasteiger partial charge in [0, 0.05) is 61.4 Å². The van der Waals surface area contributed by atoms with E-state index >= 15 is 0 Å². The molecule has 0 bridgehead atoms. The second kappa shape index (κ2) is 14.9. The number of hydrogen-bond acceptors (Lipinski definition) is 10. The summed E-state index contributed by atoms with van der Waals surface area (Å²) >= 11 is 0. The number of amides is 1. The van der Waals surface area contributed by atoms with Crippen LogP contribution >= 0.6 is 0 Å². The lowest BCUT2D eigenvalue weighted by Gasteiger charge is -2.32. The number of rotatable bonds is 15. The third-order valence-corrected chi connectivity index (χ3v) is 8.41. The first-order chi connectivity index (χ1) is 21.5. The van der Waals surface area contributed by atoms with Gasteiger partial charge in [-0.3, -0.25) is 9.69 Å². The van der Waals surface area contributed by atoms with Gasteiger partial charge in [0.2, 0.25) is 5.91 Å². The largest absolute Gasteiger partial charge is 0.462 e. The van der Waals surface area contributed by atoms with E-state index in [1.807, 2.05) is 6.08 Å². The fourth-order valence-electron chi connectivity index (χ4n) is 6.15. The molecule has 2 aromatic carbocycles. The molecule has 44 heavy (non-hydrogen) atoms. The van der Waals surface area contributed by atoms with Gasteiger partial charge in [0.25, 0.3) is 0 Å². The third-order valence-electron chi connectivity index (χ3n) is 8.41. The van der Waals surface area contributed by atoms with E-state index in [4.69, 9.17) is 14.7 Å². The van der Waals surface area contributed by atoms with Gasteiger partial charge < -0.3 is 25.4 Å². The normalized spacial score (nSPS) is 17.1. The predicted octanol–water partition coefficient (Wildman–Crippen LogP) is 3.77. The molecule has 232 valence electrons. The highest BCUT2D eigenvalue weighted by molar-refractivity contribution is 6.00. The van der Waals surface area contributed by atoms with Gasteiger partial charge in [0.05, 0.1) is 18.8 Å². The summed E-state index contributed by atoms with van der Waals surface area (Å²) in [6, 6.07) is 13.0. The number of nitrogens with zero attached hydrogens (tertiary/aromatic N) is 5. The molecular weight excluding hydrogens is 558 g/mol. The van der Waals surface area contributed by atoms with Crippen LogP contribution in [0.5, 0.6) is 6.01 Å². The molecule has 0 spiro atoms. The van der Waals surface area contributed by atoms with Gasteiger partial charge in [-0.2, -0.15) is 14.9 Å². The summed E-state index contributed by atoms with van der Waals surface area (Å²) < 4.78 is 6.25. The first-order valence-corrected chi connectivity index (χ1v) is 15.2. The van der Waals surface area contributed by atoms with E-state index in [2.05, 4.69) is 75.2 Å². The molecule has 2 aliphatic heterocycles. The lowest BCUT2D eigenvalue weighted by Crippen LogP contribution is -2.39. The molecule has 3 heterocycles. The van der Waals surface area contributed by atoms with E-state index in [0.29, 0.717) is 44.6 Å². The van der Waals surface area contributed by atoms with Crippen molar-refractivity contribution in [2.45, 2.75) is 31.8 Å². The van der Waals surface area contributed by atoms with E-state index in [1.54, 1.807) is 0 Å². The van der Waals surface area contributed by atoms with Crippen LogP contribution in [0.4, 0.5) is 11.5 Å². The Labute approximate surface area is 258 Å². The quantitative estimate of drug-likeness (QED) is 0.136. The highest BCUT2D eigenvalue weighted by atomic mass is 16.5. The minimum Gasteiger partial charge on any atom is -0.462 e. The fraction of sp³-hybridized carbons (Fsp3) is 0.424. The van der Waals surface area contributed by atoms with Crippen LogP contribution in [-0.2, 0) is 17.8 Å². The fourth-order valence-corrected chi connectivity index (χ4v) is 6.15. The first-order valence-electron chi connectivity index (χ1n) is 15.2. The molecule has 0 saturated carbocycles. The van der Waals surface area contributed by atoms with E-state index < -0.39 is 0 Å². The van der Waals surface area contributed by atoms with Gasteiger partial charge in [0.1, 0.15) is 12.4 Å². The molecule has 2 atom stereocenters. The van der Waals surface area contributed by atoms with Crippen molar-refractivity contribution in [3.63, 3.8) is 0 Å². The Bertz CT molecular complexity index is 1490. The number of aliphatic hydroxyl groups excluding tert-OH is 1. The molecule has 1 amide bonds. The molecule has 0 aliphatic carbocycles. The number of ether oxygens (including phenoxy) is 1. The smallest absolute Gasteiger partial charge is 0.318 e. The van der Waals surface area contributed by atoms with Gasteiger partial charge in [-0.05, 0) is 48.9 Å². The van der Waals surface area contributed by atoms with Gasteiger partial charge in [-0.1, -0.05) is 54.7 Å². The summed E-state index contributed by atoms with van der Waals surface area (Å²) in [6.45, 7) is 11.7. The monoisotopic (exact) mass is 599 g/mol. The number of aromatic nitrogens is 2. The molecule has 1 unspecified atom stereocenters. The number of anilines is 2. The second-order valence-corrected chi connectivity index (χ2v) is 11.3. The third kappa shape index (κ3) is 7.23. The van der Waals surface area contributed by atoms with E-state index in [-0.39, 0.29) is 31.0 Å². The first kappa shape index (κ1) is 31.1. The molecule has 11 nitrogen and oxygen atoms in total. The highest BCUT2D eigenvalue weighted by Gasteiger charge is 2.29. The Kier molecular flexibility index (Phi) is 10.5. The average Bonchev–Trinajstić information content (AvgIpc) is 3.50. The lowest BCUT2D eigenvalue weighted by atomic mass is 9.99. The van der Waals surface area contributed by atoms with Gasteiger partial charge in [0.15, 0.2) is 0 Å². The number of benzene rings is 2. The summed E-state index contributed by atoms with van der Waals surface area (Å²) in [5, 5.41) is 21.2. The van der Waals surface area contributed by atoms with Crippen LogP contribution in [0.3, 0.4) is 0 Å². The molecule has 3 N–H and O–H groups in total. The molecule has 1 fully saturated rings. The number of likely N-dealkylation sites (tertiary alicyclic amines) is 1. The van der Waals surface area contributed by atoms with Crippen molar-refractivity contribution in [1.82, 2.24) is 20.2 Å². The van der Waals surface area contributed by atoms with Crippen LogP contribution in [0, 0.1) is 10.8 Å². The van der Waals surface area contributed by atoms with Crippen LogP contribution in [-0.4, -0.2) is 84.4 Å². The zero-order chi connectivity index (χ0) is 30.9. The number of hydrogen-bond donors (Lipinski definition) is 3. The molecule has 1 saturated heterocycles. The molecule has 1 aromatic heterocycles. The van der Waals surface area contributed by atoms with Gasteiger partial charge in [-0.15, -0.1) is 0 Å². The van der Waals surface area contributed by atoms with Crippen LogP contribution in [0.25, 0.3) is 16.8 Å². The minimum absolute atomic E-state index is 0.0759. The molecular formula is C33H41N7O4. The summed E-state index contributed by atoms with van der Waals surface area (Å²) in [4.78, 5) is 36.7. The Morgan fingerprint density at radius 1 is 1.18 bits per heavy atom. The second-order valence-electron chi connectivity index (χ2n) is 11.3. The molecule has 5 rings (SSSR count). The Hall–Kier alpha value is -4.35. The van der Waals surface area contributed by atoms with Crippen molar-refractivity contribution in [3.8, 4) is 6.01 Å². The topological polar surface area (TPSA) is 132 Å². The van der Waals surface area contributed by atoms with Gasteiger partial charge in [-0.25, -0.2) is 0 Å². The zero-order valence-electron chi connectivity index (χ0n) is 25.1. The predicted molar refractivity (Wildman–Crippen MR) is 174 cm³/mol. The maximum Gasteiger partial charge on any atom is 0.318 e. The summed E-state index contributed by atoms with van der Waals surface area (Å²) in [5.74, 6) is 0.300. The van der Waals surface area contributed by atoms with Crippen molar-refractivity contribution in [2.24, 2.45) is 11.1 Å². The number of carbonyl (C=O) groups excluding carboxylic acids is 1. The van der Waals surface area contributed by atoms with E-state index in [0.717, 1.165) is 60.2 Å². The maximum atomic E-state index is 11.6. The summed E-state index contributed by atoms with van der Waals surface area (Å²) in [5.41, 5.74) is 4.17. The number of carbonyl (C=O) groups is 1. The van der Waals surface area contributed by atoms with Crippen LogP contribution < -0.4 is 20.3 Å². The molecule has 0 radical (unpaired) electrons. The van der Waals surface area contributed by atoms with Gasteiger partial charge >= 0.3 is 6.01 Å². The molecule has 11 heteroatoms. The van der Waals surface area contributed by atoms with Crippen molar-refractivity contribution < 1.29 is 14.6 Å². The highest BCUT2D eigenvalue weighted by Crippen LogP contribution is 2.35. The van der Waals surface area contributed by atoms with Crippen molar-refractivity contribution in [2.75, 3.05) is 62.7 Å². The molecule has 3 aromatic rings. The van der Waals surface area contributed by atoms with E-state index in [1.165, 1.54) is 11.5 Å². The van der Waals surface area contributed by atoms with Crippen LogP contribution in [0.15, 0.2) is 60.8 Å². The maximum absolute atomic E-state index is 11.6. The minimum atomic E-state index is -0.223. The Morgan fingerprint density at radius 2 is 2.02 bits per heavy atom. The standard InChI is InChI=1S/C33H41N7O4/c1-3-24-8-5-9-25-10-6-12-29(31(24)25)40-17-13-27-28(20-40)37-33(38-32(27)35-15-14-34-30(42)4-2)44-22-26-11-7-16-39(26)19-23(21-41)18-36-43/h3-6,8-10,12,23,26,41H,1-2,7,11,13-22H2,(H,34,42)(H,35,37,38)/t23?,26-/m0/s1. The number of fused-ring (bicyclic) bond motifs is 2. The Balaban J connectivity index is 1.37. The van der Waals surface area contributed by atoms with Crippen molar-refractivity contribution >= 4 is 34.3 Å². The summed E-state index contributed by atoms with van der Waals surface area (Å²) in [7, 11) is 0. The zero-order valence-corrected chi connectivity index (χ0v) is 25.1. The van der Waals surface area contributed by atoms with E-state index in [9.17, 15) is 14.8 Å².